The van der Waals surface area contributed by atoms with E-state index in [2.05, 4.69) is 49.9 Å². The Balaban J connectivity index is 0.00000180. The smallest absolute Gasteiger partial charge is 0.0237 e. The molecule has 3 heteroatoms. The third-order valence-electron chi connectivity index (χ3n) is 3.98. The summed E-state index contributed by atoms with van der Waals surface area (Å²) in [4.78, 5) is 2.52. The summed E-state index contributed by atoms with van der Waals surface area (Å²) in [6, 6.07) is 9.66. The lowest BCUT2D eigenvalue weighted by Crippen LogP contribution is -2.34. The largest absolute Gasteiger partial charge is 0.329 e. The van der Waals surface area contributed by atoms with Crippen molar-refractivity contribution in [3.05, 3.63) is 35.4 Å². The molecule has 2 N–H and O–H groups in total. The van der Waals surface area contributed by atoms with Gasteiger partial charge in [-0.05, 0) is 35.9 Å². The zero-order valence-corrected chi connectivity index (χ0v) is 13.2. The van der Waals surface area contributed by atoms with Gasteiger partial charge in [-0.3, -0.25) is 4.90 Å². The molecule has 0 aromatic heterocycles. The van der Waals surface area contributed by atoms with E-state index in [1.54, 1.807) is 0 Å². The van der Waals surface area contributed by atoms with E-state index in [-0.39, 0.29) is 17.8 Å². The van der Waals surface area contributed by atoms with Crippen LogP contribution >= 0.6 is 12.4 Å². The summed E-state index contributed by atoms with van der Waals surface area (Å²) in [7, 11) is 0. The lowest BCUT2D eigenvalue weighted by atomic mass is 9.87. The number of nitrogens with two attached hydrogens (primary N) is 1. The number of hydrogen-bond acceptors (Lipinski definition) is 2. The molecule has 1 aliphatic heterocycles. The summed E-state index contributed by atoms with van der Waals surface area (Å²) >= 11 is 0. The quantitative estimate of drug-likeness (QED) is 0.921. The van der Waals surface area contributed by atoms with Crippen LogP contribution in [0.2, 0.25) is 0 Å². The number of rotatable bonds is 3. The highest BCUT2D eigenvalue weighted by atomic mass is 35.5. The predicted molar refractivity (Wildman–Crippen MR) is 84.9 cm³/mol. The minimum atomic E-state index is 0. The first-order chi connectivity index (χ1) is 8.50. The first-order valence-corrected chi connectivity index (χ1v) is 7.04. The van der Waals surface area contributed by atoms with Gasteiger partial charge in [0, 0.05) is 19.1 Å². The van der Waals surface area contributed by atoms with Crippen LogP contribution in [-0.2, 0) is 12.0 Å². The van der Waals surface area contributed by atoms with E-state index in [4.69, 9.17) is 5.73 Å². The fourth-order valence-corrected chi connectivity index (χ4v) is 2.71. The lowest BCUT2D eigenvalue weighted by Gasteiger charge is -2.24. The number of halogens is 1. The maximum Gasteiger partial charge on any atom is 0.0237 e. The summed E-state index contributed by atoms with van der Waals surface area (Å²) in [5.74, 6) is 0. The molecule has 1 aliphatic rings. The van der Waals surface area contributed by atoms with Crippen LogP contribution < -0.4 is 5.73 Å². The van der Waals surface area contributed by atoms with Crippen LogP contribution in [0.15, 0.2) is 24.3 Å². The fourth-order valence-electron chi connectivity index (χ4n) is 2.71. The van der Waals surface area contributed by atoms with E-state index in [0.29, 0.717) is 6.04 Å². The molecule has 108 valence electrons. The Morgan fingerprint density at radius 2 is 1.84 bits per heavy atom. The van der Waals surface area contributed by atoms with Gasteiger partial charge in [-0.1, -0.05) is 45.0 Å². The molecule has 1 aromatic rings. The van der Waals surface area contributed by atoms with Crippen LogP contribution in [0.4, 0.5) is 0 Å². The third kappa shape index (κ3) is 4.20. The van der Waals surface area contributed by atoms with Gasteiger partial charge < -0.3 is 5.73 Å². The molecular weight excluding hydrogens is 256 g/mol. The number of nitrogens with zero attached hydrogens (tertiary/aromatic N) is 1. The Hall–Kier alpha value is -0.570. The summed E-state index contributed by atoms with van der Waals surface area (Å²) in [5, 5.41) is 0. The van der Waals surface area contributed by atoms with Gasteiger partial charge in [0.1, 0.15) is 0 Å². The Labute approximate surface area is 123 Å². The van der Waals surface area contributed by atoms with Crippen molar-refractivity contribution in [2.24, 2.45) is 5.73 Å². The van der Waals surface area contributed by atoms with Crippen molar-refractivity contribution in [2.45, 2.75) is 51.6 Å². The van der Waals surface area contributed by atoms with E-state index < -0.39 is 0 Å². The number of benzene rings is 1. The lowest BCUT2D eigenvalue weighted by molar-refractivity contribution is 0.250. The first-order valence-electron chi connectivity index (χ1n) is 7.04. The predicted octanol–water partition coefficient (Wildman–Crippen LogP) is 3.33. The summed E-state index contributed by atoms with van der Waals surface area (Å²) in [5.41, 5.74) is 8.87. The van der Waals surface area contributed by atoms with Gasteiger partial charge >= 0.3 is 0 Å². The zero-order chi connectivity index (χ0) is 13.2. The SMILES string of the molecule is CC(C)(C)c1ccc(CN2CCCC2CN)cc1.Cl. The Kier molecular flexibility index (Phi) is 5.84. The second-order valence-electron chi connectivity index (χ2n) is 6.45. The molecule has 1 heterocycles. The summed E-state index contributed by atoms with van der Waals surface area (Å²) < 4.78 is 0. The molecule has 0 amide bonds. The van der Waals surface area contributed by atoms with Gasteiger partial charge in [0.2, 0.25) is 0 Å². The van der Waals surface area contributed by atoms with Crippen molar-refractivity contribution in [1.82, 2.24) is 4.90 Å². The Morgan fingerprint density at radius 1 is 1.21 bits per heavy atom. The van der Waals surface area contributed by atoms with Crippen molar-refractivity contribution >= 4 is 12.4 Å². The highest BCUT2D eigenvalue weighted by Gasteiger charge is 2.23. The molecule has 0 bridgehead atoms. The second kappa shape index (κ2) is 6.74. The van der Waals surface area contributed by atoms with Gasteiger partial charge in [-0.25, -0.2) is 0 Å². The van der Waals surface area contributed by atoms with Gasteiger partial charge in [0.05, 0.1) is 0 Å². The molecule has 1 atom stereocenters. The van der Waals surface area contributed by atoms with Crippen molar-refractivity contribution in [3.63, 3.8) is 0 Å². The molecule has 0 aliphatic carbocycles. The first kappa shape index (κ1) is 16.5. The molecule has 2 rings (SSSR count). The summed E-state index contributed by atoms with van der Waals surface area (Å²) in [6.07, 6.45) is 2.55. The monoisotopic (exact) mass is 282 g/mol. The van der Waals surface area contributed by atoms with Crippen LogP contribution in [0.3, 0.4) is 0 Å². The molecule has 1 aromatic carbocycles. The Bertz CT molecular complexity index is 381. The third-order valence-corrected chi connectivity index (χ3v) is 3.98. The highest BCUT2D eigenvalue weighted by molar-refractivity contribution is 5.85. The van der Waals surface area contributed by atoms with Crippen molar-refractivity contribution in [3.8, 4) is 0 Å². The van der Waals surface area contributed by atoms with Crippen LogP contribution in [-0.4, -0.2) is 24.0 Å². The van der Waals surface area contributed by atoms with Crippen LogP contribution in [0.25, 0.3) is 0 Å². The normalized spacial score (nSPS) is 20.3. The maximum atomic E-state index is 5.82. The van der Waals surface area contributed by atoms with Crippen molar-refractivity contribution in [1.29, 1.82) is 0 Å². The van der Waals surface area contributed by atoms with Crippen LogP contribution in [0, 0.1) is 0 Å². The molecule has 2 nitrogen and oxygen atoms in total. The molecule has 1 fully saturated rings. The van der Waals surface area contributed by atoms with Crippen molar-refractivity contribution < 1.29 is 0 Å². The Morgan fingerprint density at radius 3 is 2.37 bits per heavy atom. The van der Waals surface area contributed by atoms with E-state index in [0.717, 1.165) is 13.1 Å². The second-order valence-corrected chi connectivity index (χ2v) is 6.45. The minimum Gasteiger partial charge on any atom is -0.329 e. The van der Waals surface area contributed by atoms with E-state index in [1.165, 1.54) is 30.5 Å². The fraction of sp³-hybridized carbons (Fsp3) is 0.625. The van der Waals surface area contributed by atoms with Gasteiger partial charge in [-0.2, -0.15) is 0 Å². The topological polar surface area (TPSA) is 29.3 Å². The van der Waals surface area contributed by atoms with Crippen LogP contribution in [0.5, 0.6) is 0 Å². The van der Waals surface area contributed by atoms with Crippen LogP contribution in [0.1, 0.15) is 44.7 Å². The molecule has 1 unspecified atom stereocenters. The van der Waals surface area contributed by atoms with Gasteiger partial charge in [0.15, 0.2) is 0 Å². The van der Waals surface area contributed by atoms with E-state index in [9.17, 15) is 0 Å². The zero-order valence-electron chi connectivity index (χ0n) is 12.4. The van der Waals surface area contributed by atoms with E-state index >= 15 is 0 Å². The molecule has 0 radical (unpaired) electrons. The molecule has 19 heavy (non-hydrogen) atoms. The number of hydrogen-bond donors (Lipinski definition) is 1. The summed E-state index contributed by atoms with van der Waals surface area (Å²) in [6.45, 7) is 9.81. The average Bonchev–Trinajstić information content (AvgIpc) is 2.76. The molecular formula is C16H27ClN2. The molecule has 0 saturated carbocycles. The average molecular weight is 283 g/mol. The maximum absolute atomic E-state index is 5.82. The van der Waals surface area contributed by atoms with Gasteiger partial charge in [-0.15, -0.1) is 12.4 Å². The number of likely N-dealkylation sites (tertiary alicyclic amines) is 1. The molecule has 0 spiro atoms. The van der Waals surface area contributed by atoms with Gasteiger partial charge in [0.25, 0.3) is 0 Å². The van der Waals surface area contributed by atoms with E-state index in [1.807, 2.05) is 0 Å². The standard InChI is InChI=1S/C16H26N2.ClH/c1-16(2,3)14-8-6-13(7-9-14)12-18-10-4-5-15(18)11-17;/h6-9,15H,4-5,10-12,17H2,1-3H3;1H. The highest BCUT2D eigenvalue weighted by Crippen LogP contribution is 2.24. The molecule has 1 saturated heterocycles. The minimum absolute atomic E-state index is 0. The van der Waals surface area contributed by atoms with Crippen molar-refractivity contribution in [2.75, 3.05) is 13.1 Å².